The quantitative estimate of drug-likeness (QED) is 0.660. The average molecular weight is 392 g/mol. The highest BCUT2D eigenvalue weighted by Crippen LogP contribution is 2.16. The van der Waals surface area contributed by atoms with Crippen molar-refractivity contribution >= 4 is 11.7 Å². The van der Waals surface area contributed by atoms with Crippen LogP contribution in [0, 0.1) is 6.92 Å². The van der Waals surface area contributed by atoms with E-state index in [0.29, 0.717) is 19.5 Å². The summed E-state index contributed by atoms with van der Waals surface area (Å²) in [6, 6.07) is 11.6. The fraction of sp³-hybridized carbons (Fsp3) is 0.333. The molecule has 150 valence electrons. The Morgan fingerprint density at radius 3 is 2.28 bits per heavy atom. The Labute approximate surface area is 169 Å². The van der Waals surface area contributed by atoms with Crippen LogP contribution in [0.25, 0.3) is 5.82 Å². The fourth-order valence-corrected chi connectivity index (χ4v) is 3.45. The van der Waals surface area contributed by atoms with Crippen LogP contribution in [0.2, 0.25) is 0 Å². The van der Waals surface area contributed by atoms with Crippen LogP contribution in [0.15, 0.2) is 48.8 Å². The van der Waals surface area contributed by atoms with Crippen LogP contribution in [-0.2, 0) is 11.2 Å². The Morgan fingerprint density at radius 1 is 1.00 bits per heavy atom. The SMILES string of the molecule is COc1ccc(CC(=O)N2CCN(c3ccc(-n4ccnc4C)nn3)CC2)cc1. The van der Waals surface area contributed by atoms with Gasteiger partial charge in [-0.25, -0.2) is 4.98 Å². The van der Waals surface area contributed by atoms with Crippen LogP contribution >= 0.6 is 0 Å². The molecular formula is C21H24N6O2. The van der Waals surface area contributed by atoms with Gasteiger partial charge in [0.1, 0.15) is 11.6 Å². The zero-order valence-electron chi connectivity index (χ0n) is 16.7. The van der Waals surface area contributed by atoms with Gasteiger partial charge in [-0.05, 0) is 36.8 Å². The van der Waals surface area contributed by atoms with Crippen molar-refractivity contribution in [2.75, 3.05) is 38.2 Å². The van der Waals surface area contributed by atoms with Crippen molar-refractivity contribution in [2.45, 2.75) is 13.3 Å². The minimum absolute atomic E-state index is 0.145. The second kappa shape index (κ2) is 8.30. The minimum atomic E-state index is 0.145. The molecule has 1 aromatic carbocycles. The lowest BCUT2D eigenvalue weighted by Crippen LogP contribution is -2.49. The smallest absolute Gasteiger partial charge is 0.227 e. The predicted octanol–water partition coefficient (Wildman–Crippen LogP) is 1.87. The Balaban J connectivity index is 1.32. The molecule has 1 aliphatic rings. The number of rotatable bonds is 5. The maximum atomic E-state index is 12.6. The second-order valence-corrected chi connectivity index (χ2v) is 6.99. The van der Waals surface area contributed by atoms with E-state index in [2.05, 4.69) is 20.1 Å². The molecule has 0 spiro atoms. The third-order valence-electron chi connectivity index (χ3n) is 5.18. The first-order valence-electron chi connectivity index (χ1n) is 9.64. The number of ether oxygens (including phenoxy) is 1. The first kappa shape index (κ1) is 18.9. The van der Waals surface area contributed by atoms with Crippen molar-refractivity contribution in [3.05, 3.63) is 60.2 Å². The molecule has 0 unspecified atom stereocenters. The van der Waals surface area contributed by atoms with E-state index in [1.54, 1.807) is 13.3 Å². The van der Waals surface area contributed by atoms with Gasteiger partial charge in [-0.3, -0.25) is 9.36 Å². The van der Waals surface area contributed by atoms with Gasteiger partial charge in [0, 0.05) is 38.6 Å². The molecule has 1 amide bonds. The molecule has 0 radical (unpaired) electrons. The molecule has 0 atom stereocenters. The molecule has 8 heteroatoms. The zero-order valence-corrected chi connectivity index (χ0v) is 16.7. The van der Waals surface area contributed by atoms with Crippen LogP contribution in [0.1, 0.15) is 11.4 Å². The van der Waals surface area contributed by atoms with Crippen molar-refractivity contribution in [3.8, 4) is 11.6 Å². The summed E-state index contributed by atoms with van der Waals surface area (Å²) in [7, 11) is 1.64. The molecule has 0 saturated carbocycles. The number of methoxy groups -OCH3 is 1. The van der Waals surface area contributed by atoms with E-state index in [1.165, 1.54) is 0 Å². The number of anilines is 1. The topological polar surface area (TPSA) is 76.4 Å². The molecule has 2 aromatic heterocycles. The summed E-state index contributed by atoms with van der Waals surface area (Å²) < 4.78 is 7.06. The van der Waals surface area contributed by atoms with E-state index in [-0.39, 0.29) is 5.91 Å². The number of aryl methyl sites for hydroxylation is 1. The summed E-state index contributed by atoms with van der Waals surface area (Å²) in [4.78, 5) is 20.9. The van der Waals surface area contributed by atoms with Crippen molar-refractivity contribution in [1.29, 1.82) is 0 Å². The molecule has 0 N–H and O–H groups in total. The Kier molecular flexibility index (Phi) is 5.41. The summed E-state index contributed by atoms with van der Waals surface area (Å²) >= 11 is 0. The van der Waals surface area contributed by atoms with Crippen LogP contribution in [-0.4, -0.2) is 63.8 Å². The number of imidazole rings is 1. The summed E-state index contributed by atoms with van der Waals surface area (Å²) in [5.41, 5.74) is 0.995. The standard InChI is InChI=1S/C21H24N6O2/c1-16-22-9-10-27(16)20-8-7-19(23-24-20)25-11-13-26(14-12-25)21(28)15-17-3-5-18(29-2)6-4-17/h3-10H,11-15H2,1-2H3. The first-order valence-corrected chi connectivity index (χ1v) is 9.64. The minimum Gasteiger partial charge on any atom is -0.497 e. The number of benzene rings is 1. The normalized spacial score (nSPS) is 14.1. The Morgan fingerprint density at radius 2 is 1.69 bits per heavy atom. The third-order valence-corrected chi connectivity index (χ3v) is 5.18. The van der Waals surface area contributed by atoms with Gasteiger partial charge in [0.05, 0.1) is 13.5 Å². The largest absolute Gasteiger partial charge is 0.497 e. The van der Waals surface area contributed by atoms with Crippen molar-refractivity contribution < 1.29 is 9.53 Å². The van der Waals surface area contributed by atoms with Gasteiger partial charge in [-0.15, -0.1) is 10.2 Å². The van der Waals surface area contributed by atoms with Crippen molar-refractivity contribution in [3.63, 3.8) is 0 Å². The number of hydrogen-bond acceptors (Lipinski definition) is 6. The average Bonchev–Trinajstić information content (AvgIpc) is 3.20. The maximum Gasteiger partial charge on any atom is 0.227 e. The molecule has 3 heterocycles. The number of hydrogen-bond donors (Lipinski definition) is 0. The molecule has 1 fully saturated rings. The van der Waals surface area contributed by atoms with Crippen LogP contribution < -0.4 is 9.64 Å². The van der Waals surface area contributed by atoms with Gasteiger partial charge < -0.3 is 14.5 Å². The highest BCUT2D eigenvalue weighted by Gasteiger charge is 2.22. The molecule has 4 rings (SSSR count). The van der Waals surface area contributed by atoms with Crippen molar-refractivity contribution in [2.24, 2.45) is 0 Å². The first-order chi connectivity index (χ1) is 14.1. The van der Waals surface area contributed by atoms with E-state index < -0.39 is 0 Å². The van der Waals surface area contributed by atoms with E-state index in [0.717, 1.165) is 41.9 Å². The fourth-order valence-electron chi connectivity index (χ4n) is 3.45. The van der Waals surface area contributed by atoms with E-state index in [4.69, 9.17) is 4.74 Å². The molecule has 8 nitrogen and oxygen atoms in total. The second-order valence-electron chi connectivity index (χ2n) is 6.99. The number of carbonyl (C=O) groups is 1. The maximum absolute atomic E-state index is 12.6. The van der Waals surface area contributed by atoms with Crippen molar-refractivity contribution in [1.82, 2.24) is 24.6 Å². The molecular weight excluding hydrogens is 368 g/mol. The van der Waals surface area contributed by atoms with Gasteiger partial charge in [-0.1, -0.05) is 12.1 Å². The summed E-state index contributed by atoms with van der Waals surface area (Å²) in [5, 5.41) is 8.69. The third kappa shape index (κ3) is 4.21. The molecule has 1 saturated heterocycles. The van der Waals surface area contributed by atoms with Gasteiger partial charge in [0.15, 0.2) is 11.6 Å². The van der Waals surface area contributed by atoms with Crippen LogP contribution in [0.5, 0.6) is 5.75 Å². The summed E-state index contributed by atoms with van der Waals surface area (Å²) in [5.74, 6) is 3.39. The lowest BCUT2D eigenvalue weighted by Gasteiger charge is -2.35. The molecule has 3 aromatic rings. The van der Waals surface area contributed by atoms with E-state index in [1.807, 2.05) is 59.0 Å². The van der Waals surface area contributed by atoms with E-state index >= 15 is 0 Å². The summed E-state index contributed by atoms with van der Waals surface area (Å²) in [6.45, 7) is 4.77. The highest BCUT2D eigenvalue weighted by atomic mass is 16.5. The Hall–Kier alpha value is -3.42. The molecule has 29 heavy (non-hydrogen) atoms. The monoisotopic (exact) mass is 392 g/mol. The molecule has 1 aliphatic heterocycles. The van der Waals surface area contributed by atoms with E-state index in [9.17, 15) is 4.79 Å². The Bertz CT molecular complexity index is 960. The molecule has 0 aliphatic carbocycles. The number of nitrogens with zero attached hydrogens (tertiary/aromatic N) is 6. The highest BCUT2D eigenvalue weighted by molar-refractivity contribution is 5.79. The lowest BCUT2D eigenvalue weighted by atomic mass is 10.1. The lowest BCUT2D eigenvalue weighted by molar-refractivity contribution is -0.130. The number of aromatic nitrogens is 4. The zero-order chi connectivity index (χ0) is 20.2. The summed E-state index contributed by atoms with van der Waals surface area (Å²) in [6.07, 6.45) is 4.02. The number of amides is 1. The molecule has 0 bridgehead atoms. The van der Waals surface area contributed by atoms with Crippen LogP contribution in [0.3, 0.4) is 0 Å². The van der Waals surface area contributed by atoms with Gasteiger partial charge in [0.25, 0.3) is 0 Å². The van der Waals surface area contributed by atoms with Gasteiger partial charge in [-0.2, -0.15) is 0 Å². The number of carbonyl (C=O) groups excluding carboxylic acids is 1. The van der Waals surface area contributed by atoms with Crippen LogP contribution in [0.4, 0.5) is 5.82 Å². The van der Waals surface area contributed by atoms with Gasteiger partial charge in [0.2, 0.25) is 5.91 Å². The predicted molar refractivity (Wildman–Crippen MR) is 109 cm³/mol. The number of piperazine rings is 1. The van der Waals surface area contributed by atoms with Gasteiger partial charge >= 0.3 is 0 Å².